The second-order valence-electron chi connectivity index (χ2n) is 8.00. The van der Waals surface area contributed by atoms with Crippen LogP contribution in [-0.4, -0.2) is 56.7 Å². The molecule has 1 amide bonds. The lowest BCUT2D eigenvalue weighted by molar-refractivity contribution is -0.132. The number of benzene rings is 1. The molecule has 0 bridgehead atoms. The van der Waals surface area contributed by atoms with Crippen molar-refractivity contribution >= 4 is 22.6 Å². The molecule has 0 fully saturated rings. The van der Waals surface area contributed by atoms with Crippen LogP contribution in [0.25, 0.3) is 10.9 Å². The predicted octanol–water partition coefficient (Wildman–Crippen LogP) is 3.59. The second kappa shape index (κ2) is 11.6. The Bertz CT molecular complexity index is 1080. The molecule has 3 rings (SSSR count). The van der Waals surface area contributed by atoms with Crippen molar-refractivity contribution in [1.29, 1.82) is 0 Å². The fourth-order valence-corrected chi connectivity index (χ4v) is 3.65. The quantitative estimate of drug-likeness (QED) is 0.422. The van der Waals surface area contributed by atoms with Crippen LogP contribution in [0.15, 0.2) is 36.5 Å². The highest BCUT2D eigenvalue weighted by Gasteiger charge is 2.22. The molecule has 0 aliphatic heterocycles. The molecule has 0 aliphatic rings. The maximum Gasteiger partial charge on any atom is 0.244 e. The van der Waals surface area contributed by atoms with Gasteiger partial charge in [-0.3, -0.25) is 19.3 Å². The molecule has 0 saturated carbocycles. The summed E-state index contributed by atoms with van der Waals surface area (Å²) >= 11 is 0. The normalized spacial score (nSPS) is 11.0. The molecule has 0 unspecified atom stereocenters. The van der Waals surface area contributed by atoms with Gasteiger partial charge in [-0.05, 0) is 37.1 Å². The van der Waals surface area contributed by atoms with E-state index in [-0.39, 0.29) is 30.5 Å². The largest absolute Gasteiger partial charge is 0.497 e. The van der Waals surface area contributed by atoms with Crippen molar-refractivity contribution in [3.05, 3.63) is 53.5 Å². The van der Waals surface area contributed by atoms with E-state index in [1.165, 1.54) is 6.20 Å². The molecule has 2 aromatic heterocycles. The first-order chi connectivity index (χ1) is 16.0. The molecule has 0 saturated heterocycles. The summed E-state index contributed by atoms with van der Waals surface area (Å²) in [5, 5.41) is 14.4. The number of rotatable bonds is 12. The van der Waals surface area contributed by atoms with Gasteiger partial charge >= 0.3 is 0 Å². The van der Waals surface area contributed by atoms with E-state index in [9.17, 15) is 14.7 Å². The van der Waals surface area contributed by atoms with Gasteiger partial charge in [0.15, 0.2) is 0 Å². The van der Waals surface area contributed by atoms with Crippen LogP contribution in [0.1, 0.15) is 61.3 Å². The fourth-order valence-electron chi connectivity index (χ4n) is 3.65. The van der Waals surface area contributed by atoms with Crippen molar-refractivity contribution in [2.24, 2.45) is 0 Å². The molecular weight excluding hydrogens is 420 g/mol. The Hall–Kier alpha value is -3.26. The van der Waals surface area contributed by atoms with Crippen LogP contribution in [0.3, 0.4) is 0 Å². The van der Waals surface area contributed by atoms with Gasteiger partial charge in [0.25, 0.3) is 0 Å². The monoisotopic (exact) mass is 452 g/mol. The summed E-state index contributed by atoms with van der Waals surface area (Å²) in [5.41, 5.74) is 1.77. The number of ether oxygens (including phenoxy) is 1. The summed E-state index contributed by atoms with van der Waals surface area (Å²) in [6.07, 6.45) is 5.36. The maximum absolute atomic E-state index is 13.2. The van der Waals surface area contributed by atoms with E-state index in [1.807, 2.05) is 4.90 Å². The number of methoxy groups -OCH3 is 1. The minimum atomic E-state index is -0.290. The average Bonchev–Trinajstić information content (AvgIpc) is 3.20. The number of fused-ring (bicyclic) bond motifs is 1. The molecule has 1 aromatic carbocycles. The van der Waals surface area contributed by atoms with Crippen LogP contribution >= 0.6 is 0 Å². The number of ketones is 1. The molecule has 1 N–H and O–H groups in total. The van der Waals surface area contributed by atoms with Crippen molar-refractivity contribution in [1.82, 2.24) is 19.7 Å². The van der Waals surface area contributed by atoms with Crippen molar-refractivity contribution in [3.63, 3.8) is 0 Å². The van der Waals surface area contributed by atoms with E-state index in [2.05, 4.69) is 23.9 Å². The van der Waals surface area contributed by atoms with Crippen LogP contribution in [0, 0.1) is 0 Å². The Morgan fingerprint density at radius 1 is 1.09 bits per heavy atom. The maximum atomic E-state index is 13.2. The van der Waals surface area contributed by atoms with Crippen LogP contribution in [0.2, 0.25) is 0 Å². The summed E-state index contributed by atoms with van der Waals surface area (Å²) in [6.45, 7) is 5.50. The van der Waals surface area contributed by atoms with E-state index in [0.717, 1.165) is 25.7 Å². The molecule has 8 heteroatoms. The first-order valence-electron chi connectivity index (χ1n) is 11.4. The van der Waals surface area contributed by atoms with Gasteiger partial charge in [-0.15, -0.1) is 0 Å². The number of pyridine rings is 1. The van der Waals surface area contributed by atoms with Gasteiger partial charge in [0.05, 0.1) is 24.9 Å². The minimum absolute atomic E-state index is 0.0166. The molecule has 0 radical (unpaired) electrons. The highest BCUT2D eigenvalue weighted by molar-refractivity contribution is 6.15. The Balaban J connectivity index is 1.96. The molecular formula is C25H32N4O4. The summed E-state index contributed by atoms with van der Waals surface area (Å²) in [7, 11) is 1.57. The number of carbonyl (C=O) groups excluding carboxylic acids is 2. The number of amides is 1. The van der Waals surface area contributed by atoms with Crippen molar-refractivity contribution in [2.75, 3.05) is 20.2 Å². The second-order valence-corrected chi connectivity index (χ2v) is 8.00. The smallest absolute Gasteiger partial charge is 0.244 e. The number of hydrogen-bond acceptors (Lipinski definition) is 6. The third kappa shape index (κ3) is 5.76. The molecule has 2 heterocycles. The van der Waals surface area contributed by atoms with Crippen molar-refractivity contribution in [2.45, 2.75) is 52.7 Å². The number of aromatic nitrogens is 3. The molecule has 0 atom stereocenters. The van der Waals surface area contributed by atoms with Crippen molar-refractivity contribution < 1.29 is 19.4 Å². The van der Waals surface area contributed by atoms with E-state index in [4.69, 9.17) is 4.74 Å². The van der Waals surface area contributed by atoms with E-state index >= 15 is 0 Å². The van der Waals surface area contributed by atoms with Gasteiger partial charge in [0.1, 0.15) is 18.0 Å². The Kier molecular flexibility index (Phi) is 8.54. The molecule has 176 valence electrons. The predicted molar refractivity (Wildman–Crippen MR) is 126 cm³/mol. The number of unbranched alkanes of at least 4 members (excludes halogenated alkanes) is 2. The van der Waals surface area contributed by atoms with Gasteiger partial charge in [0, 0.05) is 36.3 Å². The lowest BCUT2D eigenvalue weighted by Crippen LogP contribution is -2.35. The Labute approximate surface area is 194 Å². The lowest BCUT2D eigenvalue weighted by atomic mass is 10.1. The summed E-state index contributed by atoms with van der Waals surface area (Å²) < 4.78 is 6.95. The third-order valence-electron chi connectivity index (χ3n) is 5.62. The van der Waals surface area contributed by atoms with E-state index < -0.39 is 0 Å². The Morgan fingerprint density at radius 3 is 2.39 bits per heavy atom. The topological polar surface area (TPSA) is 97.6 Å². The minimum Gasteiger partial charge on any atom is -0.497 e. The van der Waals surface area contributed by atoms with Crippen LogP contribution in [0.4, 0.5) is 0 Å². The van der Waals surface area contributed by atoms with Gasteiger partial charge in [-0.25, -0.2) is 0 Å². The first-order valence-corrected chi connectivity index (χ1v) is 11.4. The zero-order valence-electron chi connectivity index (χ0n) is 19.6. The highest BCUT2D eigenvalue weighted by atomic mass is 16.5. The van der Waals surface area contributed by atoms with Crippen LogP contribution in [-0.2, 0) is 17.9 Å². The molecule has 0 aliphatic carbocycles. The van der Waals surface area contributed by atoms with Gasteiger partial charge in [-0.1, -0.05) is 26.7 Å². The summed E-state index contributed by atoms with van der Waals surface area (Å²) in [4.78, 5) is 32.4. The standard InChI is InChI=1S/C25H32N4O4/c1-4-6-12-28(13-7-5-2)23(31)16-29-22-14-20(33-3)10-11-21(22)24(27-29)25(32)18-8-9-19(17-30)26-15-18/h8-11,14-15,30H,4-7,12-13,16-17H2,1-3H3. The van der Waals surface area contributed by atoms with Crippen molar-refractivity contribution in [3.8, 4) is 5.75 Å². The number of hydrogen-bond donors (Lipinski definition) is 1. The average molecular weight is 453 g/mol. The fraction of sp³-hybridized carbons (Fsp3) is 0.440. The number of aliphatic hydroxyl groups excluding tert-OH is 1. The number of aliphatic hydroxyl groups is 1. The molecule has 33 heavy (non-hydrogen) atoms. The molecule has 0 spiro atoms. The van der Waals surface area contributed by atoms with Gasteiger partial charge in [-0.2, -0.15) is 5.10 Å². The number of carbonyl (C=O) groups is 2. The molecule has 8 nitrogen and oxygen atoms in total. The zero-order valence-corrected chi connectivity index (χ0v) is 19.6. The van der Waals surface area contributed by atoms with Crippen LogP contribution < -0.4 is 4.74 Å². The van der Waals surface area contributed by atoms with E-state index in [1.54, 1.807) is 42.1 Å². The van der Waals surface area contributed by atoms with Gasteiger partial charge < -0.3 is 14.7 Å². The molecule has 3 aromatic rings. The number of nitrogens with zero attached hydrogens (tertiary/aromatic N) is 4. The summed E-state index contributed by atoms with van der Waals surface area (Å²) in [6, 6.07) is 8.59. The first kappa shape index (κ1) is 24.4. The summed E-state index contributed by atoms with van der Waals surface area (Å²) in [5.74, 6) is 0.317. The van der Waals surface area contributed by atoms with Crippen LogP contribution in [0.5, 0.6) is 5.75 Å². The SMILES string of the molecule is CCCCN(CCCC)C(=O)Cn1nc(C(=O)c2ccc(CO)nc2)c2ccc(OC)cc21. The zero-order chi connectivity index (χ0) is 23.8. The lowest BCUT2D eigenvalue weighted by Gasteiger charge is -2.22. The van der Waals surface area contributed by atoms with Gasteiger partial charge in [0.2, 0.25) is 11.7 Å². The van der Waals surface area contributed by atoms with E-state index in [0.29, 0.717) is 41.0 Å². The Morgan fingerprint density at radius 2 is 1.82 bits per heavy atom. The third-order valence-corrected chi connectivity index (χ3v) is 5.62. The highest BCUT2D eigenvalue weighted by Crippen LogP contribution is 2.26.